The molecule has 18 heavy (non-hydrogen) atoms. The van der Waals surface area contributed by atoms with Crippen LogP contribution in [0.25, 0.3) is 0 Å². The highest BCUT2D eigenvalue weighted by molar-refractivity contribution is 7.81. The van der Waals surface area contributed by atoms with Gasteiger partial charge in [0, 0.05) is 11.3 Å². The predicted octanol–water partition coefficient (Wildman–Crippen LogP) is 2.54. The van der Waals surface area contributed by atoms with E-state index >= 15 is 0 Å². The molecule has 0 radical (unpaired) electrons. The first-order chi connectivity index (χ1) is 8.46. The Balaban J connectivity index is 2.48. The van der Waals surface area contributed by atoms with Gasteiger partial charge in [0.15, 0.2) is 11.5 Å². The van der Waals surface area contributed by atoms with Gasteiger partial charge in [-0.25, -0.2) is 0 Å². The van der Waals surface area contributed by atoms with Crippen molar-refractivity contribution in [2.75, 3.05) is 27.3 Å². The number of methoxy groups -OCH3 is 2. The van der Waals surface area contributed by atoms with Crippen LogP contribution in [-0.2, 0) is 6.42 Å². The van der Waals surface area contributed by atoms with Crippen LogP contribution in [0.4, 0.5) is 0 Å². The molecule has 1 aromatic carbocycles. The van der Waals surface area contributed by atoms with Crippen molar-refractivity contribution in [2.45, 2.75) is 25.0 Å². The molecule has 1 N–H and O–H groups in total. The molecular formula is C14H23NO2S. The zero-order valence-electron chi connectivity index (χ0n) is 11.6. The molecule has 0 aliphatic rings. The molecule has 4 heteroatoms. The summed E-state index contributed by atoms with van der Waals surface area (Å²) in [5.41, 5.74) is 1.23. The number of nitrogens with one attached hydrogen (secondary N) is 1. The van der Waals surface area contributed by atoms with Gasteiger partial charge < -0.3 is 14.8 Å². The van der Waals surface area contributed by atoms with E-state index in [-0.39, 0.29) is 4.75 Å². The van der Waals surface area contributed by atoms with Crippen molar-refractivity contribution in [2.24, 2.45) is 0 Å². The summed E-state index contributed by atoms with van der Waals surface area (Å²) in [4.78, 5) is 0. The standard InChI is InChI=1S/C14H23NO2S/c1-14(2,18)10-15-8-7-11-5-6-12(16-3)13(9-11)17-4/h5-6,9,15,18H,7-8,10H2,1-4H3. The normalized spacial score (nSPS) is 11.4. The van der Waals surface area contributed by atoms with Gasteiger partial charge in [-0.05, 0) is 44.5 Å². The molecule has 0 aromatic heterocycles. The lowest BCUT2D eigenvalue weighted by Gasteiger charge is -2.18. The zero-order chi connectivity index (χ0) is 13.6. The lowest BCUT2D eigenvalue weighted by Crippen LogP contribution is -2.31. The summed E-state index contributed by atoms with van der Waals surface area (Å²) in [7, 11) is 3.30. The molecule has 0 saturated heterocycles. The fourth-order valence-corrected chi connectivity index (χ4v) is 1.77. The Hall–Kier alpha value is -0.870. The van der Waals surface area contributed by atoms with Crippen LogP contribution in [0, 0.1) is 0 Å². The highest BCUT2D eigenvalue weighted by atomic mass is 32.1. The summed E-state index contributed by atoms with van der Waals surface area (Å²) in [6.07, 6.45) is 0.963. The molecule has 0 amide bonds. The molecule has 0 heterocycles. The smallest absolute Gasteiger partial charge is 0.160 e. The van der Waals surface area contributed by atoms with E-state index in [1.165, 1.54) is 5.56 Å². The Bertz CT molecular complexity index is 375. The van der Waals surface area contributed by atoms with Gasteiger partial charge >= 0.3 is 0 Å². The second-order valence-electron chi connectivity index (χ2n) is 4.93. The molecule has 3 nitrogen and oxygen atoms in total. The van der Waals surface area contributed by atoms with E-state index in [1.807, 2.05) is 12.1 Å². The minimum absolute atomic E-state index is 0.0254. The molecule has 0 aliphatic heterocycles. The fraction of sp³-hybridized carbons (Fsp3) is 0.571. The predicted molar refractivity (Wildman–Crippen MR) is 79.2 cm³/mol. The largest absolute Gasteiger partial charge is 0.493 e. The third-order valence-corrected chi connectivity index (χ3v) is 2.75. The van der Waals surface area contributed by atoms with Crippen molar-refractivity contribution < 1.29 is 9.47 Å². The van der Waals surface area contributed by atoms with E-state index in [9.17, 15) is 0 Å². The summed E-state index contributed by atoms with van der Waals surface area (Å²) < 4.78 is 10.5. The van der Waals surface area contributed by atoms with Crippen molar-refractivity contribution in [3.05, 3.63) is 23.8 Å². The zero-order valence-corrected chi connectivity index (χ0v) is 12.5. The maximum Gasteiger partial charge on any atom is 0.160 e. The number of ether oxygens (including phenoxy) is 2. The molecule has 102 valence electrons. The lowest BCUT2D eigenvalue weighted by molar-refractivity contribution is 0.354. The Morgan fingerprint density at radius 3 is 2.39 bits per heavy atom. The molecule has 1 rings (SSSR count). The van der Waals surface area contributed by atoms with Crippen LogP contribution < -0.4 is 14.8 Å². The third kappa shape index (κ3) is 5.19. The highest BCUT2D eigenvalue weighted by Crippen LogP contribution is 2.27. The average molecular weight is 269 g/mol. The Kier molecular flexibility index (Phi) is 5.82. The van der Waals surface area contributed by atoms with Gasteiger partial charge in [0.1, 0.15) is 0 Å². The van der Waals surface area contributed by atoms with Gasteiger partial charge in [-0.3, -0.25) is 0 Å². The summed E-state index contributed by atoms with van der Waals surface area (Å²) in [6.45, 7) is 6.02. The quantitative estimate of drug-likeness (QED) is 0.589. The summed E-state index contributed by atoms with van der Waals surface area (Å²) in [6, 6.07) is 6.03. The molecule has 0 bridgehead atoms. The third-order valence-electron chi connectivity index (χ3n) is 2.60. The van der Waals surface area contributed by atoms with Crippen LogP contribution in [-0.4, -0.2) is 32.1 Å². The first kappa shape index (κ1) is 15.2. The van der Waals surface area contributed by atoms with Crippen molar-refractivity contribution in [1.29, 1.82) is 0 Å². The van der Waals surface area contributed by atoms with Gasteiger partial charge in [-0.1, -0.05) is 6.07 Å². The van der Waals surface area contributed by atoms with E-state index in [0.29, 0.717) is 0 Å². The molecule has 1 aromatic rings. The van der Waals surface area contributed by atoms with Crippen molar-refractivity contribution in [3.63, 3.8) is 0 Å². The van der Waals surface area contributed by atoms with Crippen LogP contribution in [0.3, 0.4) is 0 Å². The topological polar surface area (TPSA) is 30.5 Å². The van der Waals surface area contributed by atoms with E-state index in [0.717, 1.165) is 31.0 Å². The van der Waals surface area contributed by atoms with Crippen molar-refractivity contribution >= 4 is 12.6 Å². The highest BCUT2D eigenvalue weighted by Gasteiger charge is 2.10. The van der Waals surface area contributed by atoms with E-state index in [4.69, 9.17) is 9.47 Å². The molecular weight excluding hydrogens is 246 g/mol. The van der Waals surface area contributed by atoms with Crippen LogP contribution in [0.15, 0.2) is 18.2 Å². The summed E-state index contributed by atoms with van der Waals surface area (Å²) >= 11 is 4.47. The van der Waals surface area contributed by atoms with Gasteiger partial charge in [0.05, 0.1) is 14.2 Å². The first-order valence-corrected chi connectivity index (χ1v) is 6.55. The molecule has 0 spiro atoms. The van der Waals surface area contributed by atoms with Crippen molar-refractivity contribution in [3.8, 4) is 11.5 Å². The monoisotopic (exact) mass is 269 g/mol. The number of hydrogen-bond donors (Lipinski definition) is 2. The molecule has 0 fully saturated rings. The Morgan fingerprint density at radius 1 is 1.17 bits per heavy atom. The minimum atomic E-state index is 0.0254. The summed E-state index contributed by atoms with van der Waals surface area (Å²) in [5.74, 6) is 1.55. The Morgan fingerprint density at radius 2 is 1.83 bits per heavy atom. The lowest BCUT2D eigenvalue weighted by atomic mass is 10.1. The van der Waals surface area contributed by atoms with Crippen molar-refractivity contribution in [1.82, 2.24) is 5.32 Å². The molecule has 0 unspecified atom stereocenters. The minimum Gasteiger partial charge on any atom is -0.493 e. The van der Waals surface area contributed by atoms with Gasteiger partial charge in [-0.2, -0.15) is 12.6 Å². The van der Waals surface area contributed by atoms with Gasteiger partial charge in [0.2, 0.25) is 0 Å². The van der Waals surface area contributed by atoms with E-state index < -0.39 is 0 Å². The first-order valence-electron chi connectivity index (χ1n) is 6.10. The summed E-state index contributed by atoms with van der Waals surface area (Å²) in [5, 5.41) is 3.39. The van der Waals surface area contributed by atoms with Crippen LogP contribution in [0.2, 0.25) is 0 Å². The number of rotatable bonds is 7. The molecule has 0 aliphatic carbocycles. The van der Waals surface area contributed by atoms with Crippen LogP contribution in [0.5, 0.6) is 11.5 Å². The number of hydrogen-bond acceptors (Lipinski definition) is 4. The fourth-order valence-electron chi connectivity index (χ4n) is 1.66. The van der Waals surface area contributed by atoms with Crippen LogP contribution >= 0.6 is 12.6 Å². The van der Waals surface area contributed by atoms with Gasteiger partial charge in [0.25, 0.3) is 0 Å². The van der Waals surface area contributed by atoms with E-state index in [2.05, 4.69) is 37.9 Å². The van der Waals surface area contributed by atoms with Gasteiger partial charge in [-0.15, -0.1) is 0 Å². The number of benzene rings is 1. The number of thiol groups is 1. The average Bonchev–Trinajstić information content (AvgIpc) is 2.33. The SMILES string of the molecule is COc1ccc(CCNCC(C)(C)S)cc1OC. The maximum absolute atomic E-state index is 5.28. The molecule has 0 atom stereocenters. The Labute approximate surface area is 115 Å². The van der Waals surface area contributed by atoms with Crippen LogP contribution in [0.1, 0.15) is 19.4 Å². The van der Waals surface area contributed by atoms with E-state index in [1.54, 1.807) is 14.2 Å². The maximum atomic E-state index is 5.28. The second kappa shape index (κ2) is 6.90. The molecule has 0 saturated carbocycles. The second-order valence-corrected chi connectivity index (χ2v) is 6.14.